The largest absolute Gasteiger partial charge is 0.389 e. The Morgan fingerprint density at radius 3 is 2.65 bits per heavy atom. The minimum absolute atomic E-state index is 0.496. The van der Waals surface area contributed by atoms with Gasteiger partial charge in [0, 0.05) is 24.3 Å². The molecular weight excluding hydrogens is 248 g/mol. The Bertz CT molecular complexity index is 504. The highest BCUT2D eigenvalue weighted by Gasteiger charge is 2.27. The topological polar surface area (TPSA) is 47.3 Å². The maximum atomic E-state index is 9.97. The minimum atomic E-state index is -0.515. The molecule has 1 aliphatic rings. The molecule has 1 fully saturated rings. The van der Waals surface area contributed by atoms with Crippen LogP contribution in [0.3, 0.4) is 0 Å². The molecule has 0 heterocycles. The summed E-state index contributed by atoms with van der Waals surface area (Å²) >= 11 is 0. The van der Waals surface area contributed by atoms with Crippen molar-refractivity contribution >= 4 is 5.69 Å². The standard InChI is InChI=1S/C17H24N2O/c1-12-6-4-5-7-16(12)19(3)17-10-14(11-18)8-9-15(17)13(2)20/h8-10,12-13,16,20H,4-7H2,1-3H3/t12?,13-,16?/m0/s1. The maximum Gasteiger partial charge on any atom is 0.0992 e. The summed E-state index contributed by atoms with van der Waals surface area (Å²) < 4.78 is 0. The summed E-state index contributed by atoms with van der Waals surface area (Å²) in [4.78, 5) is 2.27. The van der Waals surface area contributed by atoms with Gasteiger partial charge in [-0.1, -0.05) is 25.8 Å². The molecule has 108 valence electrons. The van der Waals surface area contributed by atoms with Crippen LogP contribution in [0.5, 0.6) is 0 Å². The minimum Gasteiger partial charge on any atom is -0.389 e. The maximum absolute atomic E-state index is 9.97. The SMILES string of the molecule is CC1CCCCC1N(C)c1cc(C#N)ccc1[C@H](C)O. The van der Waals surface area contributed by atoms with Crippen LogP contribution in [0.2, 0.25) is 0 Å². The molecule has 3 heteroatoms. The first-order valence-corrected chi connectivity index (χ1v) is 7.49. The molecule has 0 saturated heterocycles. The predicted molar refractivity (Wildman–Crippen MR) is 81.6 cm³/mol. The molecule has 2 unspecified atom stereocenters. The molecule has 1 aliphatic carbocycles. The van der Waals surface area contributed by atoms with Gasteiger partial charge >= 0.3 is 0 Å². The number of aliphatic hydroxyl groups is 1. The molecule has 0 amide bonds. The average Bonchev–Trinajstić information content (AvgIpc) is 2.46. The summed E-state index contributed by atoms with van der Waals surface area (Å²) in [7, 11) is 2.09. The van der Waals surface area contributed by atoms with Crippen LogP contribution in [0.1, 0.15) is 56.8 Å². The van der Waals surface area contributed by atoms with E-state index < -0.39 is 6.10 Å². The van der Waals surface area contributed by atoms with Crippen molar-refractivity contribution in [1.29, 1.82) is 5.26 Å². The highest BCUT2D eigenvalue weighted by molar-refractivity contribution is 5.58. The number of rotatable bonds is 3. The van der Waals surface area contributed by atoms with E-state index in [1.54, 1.807) is 13.0 Å². The molecule has 0 radical (unpaired) electrons. The fourth-order valence-corrected chi connectivity index (χ4v) is 3.32. The van der Waals surface area contributed by atoms with Gasteiger partial charge in [-0.15, -0.1) is 0 Å². The molecule has 20 heavy (non-hydrogen) atoms. The van der Waals surface area contributed by atoms with Crippen LogP contribution in [0, 0.1) is 17.2 Å². The number of nitriles is 1. The summed E-state index contributed by atoms with van der Waals surface area (Å²) in [6, 6.07) is 8.25. The molecule has 1 aromatic rings. The van der Waals surface area contributed by atoms with Gasteiger partial charge < -0.3 is 10.0 Å². The Kier molecular flexibility index (Phi) is 4.67. The number of benzene rings is 1. The van der Waals surface area contributed by atoms with Crippen molar-refractivity contribution in [2.45, 2.75) is 51.7 Å². The molecule has 3 atom stereocenters. The van der Waals surface area contributed by atoms with E-state index in [2.05, 4.69) is 24.9 Å². The fourth-order valence-electron chi connectivity index (χ4n) is 3.32. The monoisotopic (exact) mass is 272 g/mol. The Labute approximate surface area is 121 Å². The number of anilines is 1. The van der Waals surface area contributed by atoms with Crippen LogP contribution >= 0.6 is 0 Å². The van der Waals surface area contributed by atoms with Crippen LogP contribution < -0.4 is 4.90 Å². The molecule has 0 spiro atoms. The Morgan fingerprint density at radius 1 is 1.35 bits per heavy atom. The number of nitrogens with zero attached hydrogens (tertiary/aromatic N) is 2. The highest BCUT2D eigenvalue weighted by atomic mass is 16.3. The van der Waals surface area contributed by atoms with Gasteiger partial charge in [-0.25, -0.2) is 0 Å². The quantitative estimate of drug-likeness (QED) is 0.914. The molecule has 0 aromatic heterocycles. The van der Waals surface area contributed by atoms with Gasteiger partial charge in [0.05, 0.1) is 17.7 Å². The van der Waals surface area contributed by atoms with Gasteiger partial charge in [0.1, 0.15) is 0 Å². The molecule has 0 bridgehead atoms. The predicted octanol–water partition coefficient (Wildman–Crippen LogP) is 3.63. The van der Waals surface area contributed by atoms with Gasteiger partial charge in [0.2, 0.25) is 0 Å². The van der Waals surface area contributed by atoms with Gasteiger partial charge in [0.15, 0.2) is 0 Å². The zero-order valence-electron chi connectivity index (χ0n) is 12.6. The summed E-state index contributed by atoms with van der Waals surface area (Å²) in [5.41, 5.74) is 2.56. The van der Waals surface area contributed by atoms with Crippen LogP contribution in [-0.4, -0.2) is 18.2 Å². The molecular formula is C17H24N2O. The second-order valence-corrected chi connectivity index (χ2v) is 6.00. The Hall–Kier alpha value is -1.53. The van der Waals surface area contributed by atoms with Crippen molar-refractivity contribution in [1.82, 2.24) is 0 Å². The molecule has 1 N–H and O–H groups in total. The van der Waals surface area contributed by atoms with Crippen LogP contribution in [0.25, 0.3) is 0 Å². The van der Waals surface area contributed by atoms with Crippen molar-refractivity contribution < 1.29 is 5.11 Å². The lowest BCUT2D eigenvalue weighted by atomic mass is 9.84. The van der Waals surface area contributed by atoms with Crippen LogP contribution in [0.4, 0.5) is 5.69 Å². The van der Waals surface area contributed by atoms with Crippen LogP contribution in [0.15, 0.2) is 18.2 Å². The van der Waals surface area contributed by atoms with E-state index in [4.69, 9.17) is 5.26 Å². The summed E-state index contributed by atoms with van der Waals surface area (Å²) in [5, 5.41) is 19.1. The number of hydrogen-bond donors (Lipinski definition) is 1. The second kappa shape index (κ2) is 6.28. The second-order valence-electron chi connectivity index (χ2n) is 6.00. The fraction of sp³-hybridized carbons (Fsp3) is 0.588. The average molecular weight is 272 g/mol. The summed E-state index contributed by atoms with van der Waals surface area (Å²) in [6.07, 6.45) is 4.51. The zero-order valence-corrected chi connectivity index (χ0v) is 12.6. The van der Waals surface area contributed by atoms with Crippen molar-refractivity contribution in [3.8, 4) is 6.07 Å². The normalized spacial score (nSPS) is 23.9. The number of aliphatic hydroxyl groups excluding tert-OH is 1. The number of hydrogen-bond acceptors (Lipinski definition) is 3. The van der Waals surface area contributed by atoms with Gasteiger partial charge in [-0.2, -0.15) is 5.26 Å². The smallest absolute Gasteiger partial charge is 0.0992 e. The van der Waals surface area contributed by atoms with Gasteiger partial charge in [0.25, 0.3) is 0 Å². The molecule has 0 aliphatic heterocycles. The van der Waals surface area contributed by atoms with Gasteiger partial charge in [-0.05, 0) is 37.8 Å². The lowest BCUT2D eigenvalue weighted by Crippen LogP contribution is -2.39. The lowest BCUT2D eigenvalue weighted by molar-refractivity contribution is 0.199. The molecule has 3 nitrogen and oxygen atoms in total. The lowest BCUT2D eigenvalue weighted by Gasteiger charge is -2.39. The summed E-state index contributed by atoms with van der Waals surface area (Å²) in [6.45, 7) is 4.08. The van der Waals surface area contributed by atoms with E-state index >= 15 is 0 Å². The summed E-state index contributed by atoms with van der Waals surface area (Å²) in [5.74, 6) is 0.654. The Morgan fingerprint density at radius 2 is 2.05 bits per heavy atom. The van der Waals surface area contributed by atoms with E-state index in [0.717, 1.165) is 11.3 Å². The Balaban J connectivity index is 2.36. The van der Waals surface area contributed by atoms with Crippen molar-refractivity contribution in [2.24, 2.45) is 5.92 Å². The van der Waals surface area contributed by atoms with E-state index in [1.807, 2.05) is 12.1 Å². The van der Waals surface area contributed by atoms with Crippen molar-refractivity contribution in [3.05, 3.63) is 29.3 Å². The van der Waals surface area contributed by atoms with E-state index in [1.165, 1.54) is 25.7 Å². The molecule has 1 saturated carbocycles. The first kappa shape index (κ1) is 14.9. The first-order chi connectivity index (χ1) is 9.54. The van der Waals surface area contributed by atoms with E-state index in [0.29, 0.717) is 17.5 Å². The zero-order chi connectivity index (χ0) is 14.7. The molecule has 2 rings (SSSR count). The highest BCUT2D eigenvalue weighted by Crippen LogP contribution is 2.34. The third-order valence-electron chi connectivity index (χ3n) is 4.55. The molecule has 1 aromatic carbocycles. The van der Waals surface area contributed by atoms with Gasteiger partial charge in [-0.3, -0.25) is 0 Å². The van der Waals surface area contributed by atoms with Crippen molar-refractivity contribution in [3.63, 3.8) is 0 Å². The third kappa shape index (κ3) is 2.96. The van der Waals surface area contributed by atoms with E-state index in [9.17, 15) is 5.11 Å². The van der Waals surface area contributed by atoms with E-state index in [-0.39, 0.29) is 0 Å². The first-order valence-electron chi connectivity index (χ1n) is 7.49. The van der Waals surface area contributed by atoms with Crippen LogP contribution in [-0.2, 0) is 0 Å². The van der Waals surface area contributed by atoms with Crippen molar-refractivity contribution in [2.75, 3.05) is 11.9 Å². The third-order valence-corrected chi connectivity index (χ3v) is 4.55.